The molecule has 1 radical (unpaired) electrons. The molecule has 14 heteroatoms. The molecule has 2 aliphatic rings. The second-order valence-electron chi connectivity index (χ2n) is 10.6. The third-order valence-corrected chi connectivity index (χ3v) is 8.14. The van der Waals surface area contributed by atoms with Crippen molar-refractivity contribution in [2.45, 2.75) is 40.3 Å². The zero-order valence-corrected chi connectivity index (χ0v) is 29.3. The van der Waals surface area contributed by atoms with Gasteiger partial charge in [-0.1, -0.05) is 25.6 Å². The molecule has 0 saturated heterocycles. The number of carbonyl (C=O) groups is 2. The van der Waals surface area contributed by atoms with Crippen LogP contribution in [0.3, 0.4) is 0 Å². The van der Waals surface area contributed by atoms with E-state index in [1.165, 1.54) is 44.2 Å². The molecule has 1 aliphatic carbocycles. The summed E-state index contributed by atoms with van der Waals surface area (Å²) in [7, 11) is -4.18. The number of carbonyl (C=O) groups excluding carboxylic acids is 1. The number of carboxylic acids is 1. The number of benzene rings is 3. The minimum absolute atomic E-state index is 0. The Morgan fingerprint density at radius 3 is 2.40 bits per heavy atom. The zero-order valence-electron chi connectivity index (χ0n) is 25.5. The van der Waals surface area contributed by atoms with Crippen molar-refractivity contribution in [1.82, 2.24) is 5.32 Å². The van der Waals surface area contributed by atoms with E-state index in [2.05, 4.69) is 5.32 Å². The Hall–Kier alpha value is -3.77. The van der Waals surface area contributed by atoms with E-state index in [1.54, 1.807) is 59.4 Å². The van der Waals surface area contributed by atoms with Crippen molar-refractivity contribution in [2.24, 2.45) is 0 Å². The molecule has 0 fully saturated rings. The summed E-state index contributed by atoms with van der Waals surface area (Å²) in [6.45, 7) is 3.23. The van der Waals surface area contributed by atoms with Crippen LogP contribution in [0.25, 0.3) is 33.4 Å². The van der Waals surface area contributed by atoms with Gasteiger partial charge in [0.25, 0.3) is 0 Å². The Morgan fingerprint density at radius 2 is 1.73 bits per heavy atom. The quantitative estimate of drug-likeness (QED) is 0.0545. The van der Waals surface area contributed by atoms with Gasteiger partial charge in [-0.15, -0.1) is 6.42 Å². The van der Waals surface area contributed by atoms with Crippen molar-refractivity contribution in [3.63, 3.8) is 0 Å². The number of aliphatic hydroxyl groups is 1. The summed E-state index contributed by atoms with van der Waals surface area (Å²) in [4.78, 5) is 52.3. The van der Waals surface area contributed by atoms with Gasteiger partial charge in [0.15, 0.2) is 32.0 Å². The largest absolute Gasteiger partial charge is 0.508 e. The molecule has 1 unspecified atom stereocenters. The van der Waals surface area contributed by atoms with Crippen LogP contribution < -0.4 is 15.3 Å². The minimum atomic E-state index is -4.18. The molecule has 1 amide bonds. The Balaban J connectivity index is 0.000000326. The Bertz CT molecular complexity index is 1960. The fourth-order valence-corrected chi connectivity index (χ4v) is 5.19. The summed E-state index contributed by atoms with van der Waals surface area (Å²) in [5.41, 5.74) is 2.94. The Labute approximate surface area is 302 Å². The van der Waals surface area contributed by atoms with Gasteiger partial charge in [-0.2, -0.15) is 12.6 Å². The van der Waals surface area contributed by atoms with Crippen LogP contribution in [0, 0.1) is 5.66 Å². The predicted octanol–water partition coefficient (Wildman–Crippen LogP) is 4.35. The number of rotatable bonds is 9. The number of aromatic hydroxyl groups is 1. The van der Waals surface area contributed by atoms with Crippen LogP contribution in [-0.2, 0) is 55.0 Å². The second kappa shape index (κ2) is 17.6. The van der Waals surface area contributed by atoms with Gasteiger partial charge in [0.05, 0.1) is 5.56 Å². The van der Waals surface area contributed by atoms with Crippen LogP contribution in [0.15, 0.2) is 94.4 Å². The molecule has 251 valence electrons. The standard InChI is InChI=1S/C20H12O5.C13H21N2O5P.CH4.Y/c21-11-5-7-15-17(9-11)25-18-10-12(22)6-8-16(18)19(15)13-3-1-2-4-14(13)20(23)24;1-10(21(18,19)20)6-12-4-3-5-15(8-12)9-13(17)7-14-11(2)16;;/h1-10,21H,(H,23,24);3-5,8,13,17H,6-7,9H2,1-2H3,(H,14,16)(H2,18,19,20);1H4;. The van der Waals surface area contributed by atoms with Crippen LogP contribution >= 0.6 is 7.60 Å². The summed E-state index contributed by atoms with van der Waals surface area (Å²) in [5, 5.41) is 32.3. The number of phenolic OH excluding ortho intramolecular Hbond substituents is 1. The first kappa shape index (κ1) is 40.4. The van der Waals surface area contributed by atoms with E-state index in [0.717, 1.165) is 5.56 Å². The van der Waals surface area contributed by atoms with Crippen molar-refractivity contribution in [3.05, 3.63) is 112 Å². The fraction of sp³-hybridized carbons (Fsp3) is 0.206. The number of carboxylic acid groups (broad SMARTS) is 1. The molecule has 5 rings (SSSR count). The fourth-order valence-electron chi connectivity index (χ4n) is 4.80. The molecule has 12 nitrogen and oxygen atoms in total. The maximum absolute atomic E-state index is 11.7. The number of aromatic nitrogens is 1. The number of hydrogen-bond acceptors (Lipinski definition) is 7. The van der Waals surface area contributed by atoms with Gasteiger partial charge in [0.2, 0.25) is 5.91 Å². The molecule has 6 N–H and O–H groups in total. The summed E-state index contributed by atoms with van der Waals surface area (Å²) in [6.07, 6.45) is 2.90. The minimum Gasteiger partial charge on any atom is -0.508 e. The molecular weight excluding hydrogens is 716 g/mol. The Kier molecular flexibility index (Phi) is 14.8. The van der Waals surface area contributed by atoms with Crippen LogP contribution in [0.5, 0.6) is 5.75 Å². The number of phenols is 1. The maximum Gasteiger partial charge on any atom is 0.336 e. The van der Waals surface area contributed by atoms with Gasteiger partial charge in [0.1, 0.15) is 23.2 Å². The van der Waals surface area contributed by atoms with Gasteiger partial charge in [0, 0.05) is 80.9 Å². The smallest absolute Gasteiger partial charge is 0.336 e. The molecule has 0 bridgehead atoms. The number of hydrogen-bond donors (Lipinski definition) is 6. The maximum atomic E-state index is 11.7. The third-order valence-electron chi connectivity index (χ3n) is 6.99. The normalized spacial score (nSPS) is 11.5. The van der Waals surface area contributed by atoms with E-state index in [-0.39, 0.29) is 88.0 Å². The van der Waals surface area contributed by atoms with Crippen LogP contribution in [0.4, 0.5) is 0 Å². The predicted molar refractivity (Wildman–Crippen MR) is 176 cm³/mol. The van der Waals surface area contributed by atoms with Gasteiger partial charge in [-0.25, -0.2) is 9.36 Å². The van der Waals surface area contributed by atoms with Gasteiger partial charge in [-0.05, 0) is 47.5 Å². The summed E-state index contributed by atoms with van der Waals surface area (Å²) in [5.74, 6) is -0.899. The molecule has 2 heterocycles. The molecule has 1 atom stereocenters. The molecule has 1 aliphatic heterocycles. The van der Waals surface area contributed by atoms with Crippen molar-refractivity contribution in [1.29, 1.82) is 0 Å². The molecule has 1 aromatic heterocycles. The first-order chi connectivity index (χ1) is 21.7. The van der Waals surface area contributed by atoms with E-state index < -0.39 is 19.7 Å². The van der Waals surface area contributed by atoms with Gasteiger partial charge in [-0.3, -0.25) is 14.2 Å². The first-order valence-corrected chi connectivity index (χ1v) is 15.7. The average Bonchev–Trinajstić information content (AvgIpc) is 2.98. The van der Waals surface area contributed by atoms with Crippen molar-refractivity contribution < 1.29 is 81.0 Å². The monoisotopic (exact) mass is 753 g/mol. The molecule has 0 saturated carbocycles. The van der Waals surface area contributed by atoms with E-state index >= 15 is 0 Å². The van der Waals surface area contributed by atoms with E-state index in [1.807, 2.05) is 0 Å². The summed E-state index contributed by atoms with van der Waals surface area (Å²) >= 11 is 0. The number of aromatic carboxylic acids is 1. The first-order valence-electron chi connectivity index (χ1n) is 14.0. The summed E-state index contributed by atoms with van der Waals surface area (Å²) in [6, 6.07) is 19.2. The number of nitrogens with one attached hydrogen (secondary N) is 1. The zero-order chi connectivity index (χ0) is 33.6. The molecule has 48 heavy (non-hydrogen) atoms. The number of nitrogens with zero attached hydrogens (tertiary/aromatic N) is 1. The average molecular weight is 754 g/mol. The number of amides is 1. The summed E-state index contributed by atoms with van der Waals surface area (Å²) < 4.78 is 18.6. The third kappa shape index (κ3) is 10.6. The van der Waals surface area contributed by atoms with Crippen molar-refractivity contribution >= 4 is 30.4 Å². The second-order valence-corrected chi connectivity index (χ2v) is 12.5. The van der Waals surface area contributed by atoms with Crippen molar-refractivity contribution in [2.75, 3.05) is 6.54 Å². The SMILES string of the molecule is C.CC(=O)NCC(O)C[n+]1cccc(C[C-](C)P(=O)(O)O)c1.O=C(O)c1ccccc1-c1c2ccc(=O)cc-2oc2cc(O)ccc12.[Y]. The van der Waals surface area contributed by atoms with E-state index in [0.29, 0.717) is 33.4 Å². The molecule has 2 aromatic carbocycles. The van der Waals surface area contributed by atoms with Crippen molar-refractivity contribution in [3.8, 4) is 28.2 Å². The molecule has 3 aromatic rings. The van der Waals surface area contributed by atoms with Crippen LogP contribution in [-0.4, -0.2) is 49.6 Å². The van der Waals surface area contributed by atoms with E-state index in [4.69, 9.17) is 14.2 Å². The van der Waals surface area contributed by atoms with Crippen LogP contribution in [0.2, 0.25) is 0 Å². The topological polar surface area (TPSA) is 198 Å². The van der Waals surface area contributed by atoms with Gasteiger partial charge >= 0.3 is 5.97 Å². The number of aliphatic hydroxyl groups excluding tert-OH is 1. The Morgan fingerprint density at radius 1 is 1.02 bits per heavy atom. The number of fused-ring (bicyclic) bond motifs is 2. The molecular formula is C34H37N2O10PY. The molecule has 0 spiro atoms. The van der Waals surface area contributed by atoms with E-state index in [9.17, 15) is 34.3 Å². The number of pyridine rings is 1. The van der Waals surface area contributed by atoms with Gasteiger partial charge < -0.3 is 34.8 Å². The van der Waals surface area contributed by atoms with Crippen LogP contribution in [0.1, 0.15) is 37.2 Å².